The van der Waals surface area contributed by atoms with Crippen molar-refractivity contribution in [2.24, 2.45) is 0 Å². The predicted octanol–water partition coefficient (Wildman–Crippen LogP) is 2.57. The van der Waals surface area contributed by atoms with Crippen LogP contribution in [0.3, 0.4) is 0 Å². The molecule has 0 aliphatic rings. The summed E-state index contributed by atoms with van der Waals surface area (Å²) in [6.45, 7) is 3.16. The number of aryl methyl sites for hydroxylation is 2. The van der Waals surface area contributed by atoms with Gasteiger partial charge in [-0.2, -0.15) is 5.10 Å². The third-order valence-electron chi connectivity index (χ3n) is 2.62. The van der Waals surface area contributed by atoms with Gasteiger partial charge in [0.15, 0.2) is 0 Å². The maximum atomic E-state index is 10.5. The molecule has 0 saturated carbocycles. The molecule has 1 aromatic heterocycles. The summed E-state index contributed by atoms with van der Waals surface area (Å²) in [4.78, 5) is 10.0. The summed E-state index contributed by atoms with van der Waals surface area (Å²) < 4.78 is 7.14. The van der Waals surface area contributed by atoms with Crippen molar-refractivity contribution in [2.75, 3.05) is 6.61 Å². The van der Waals surface area contributed by atoms with Crippen molar-refractivity contribution in [2.45, 2.75) is 19.9 Å². The van der Waals surface area contributed by atoms with E-state index >= 15 is 0 Å². The van der Waals surface area contributed by atoms with Crippen LogP contribution in [0.4, 0.5) is 5.69 Å². The van der Waals surface area contributed by atoms with E-state index in [0.29, 0.717) is 13.2 Å². The van der Waals surface area contributed by atoms with Crippen LogP contribution in [0.15, 0.2) is 36.7 Å². The number of nitro groups is 1. The lowest BCUT2D eigenvalue weighted by molar-refractivity contribution is -0.385. The van der Waals surface area contributed by atoms with E-state index in [2.05, 4.69) is 5.10 Å². The van der Waals surface area contributed by atoms with Gasteiger partial charge in [-0.15, -0.1) is 0 Å². The molecule has 2 rings (SSSR count). The Balaban J connectivity index is 1.76. The van der Waals surface area contributed by atoms with Crippen molar-refractivity contribution in [1.82, 2.24) is 9.78 Å². The van der Waals surface area contributed by atoms with Gasteiger partial charge >= 0.3 is 5.69 Å². The first-order valence-corrected chi connectivity index (χ1v) is 6.01. The van der Waals surface area contributed by atoms with Crippen LogP contribution in [0, 0.1) is 17.0 Å². The molecule has 1 aromatic carbocycles. The molecule has 0 unspecified atom stereocenters. The van der Waals surface area contributed by atoms with E-state index in [9.17, 15) is 10.1 Å². The Bertz CT molecular complexity index is 566. The van der Waals surface area contributed by atoms with Crippen LogP contribution in [0.25, 0.3) is 0 Å². The Morgan fingerprint density at radius 2 is 2.32 bits per heavy atom. The lowest BCUT2D eigenvalue weighted by atomic mass is 10.2. The van der Waals surface area contributed by atoms with Crippen LogP contribution in [0.2, 0.25) is 0 Å². The molecule has 0 aliphatic carbocycles. The number of ether oxygens (including phenoxy) is 1. The Hall–Kier alpha value is -2.37. The first-order chi connectivity index (χ1) is 9.15. The number of aromatic nitrogens is 2. The van der Waals surface area contributed by atoms with E-state index in [1.807, 2.05) is 31.2 Å². The summed E-state index contributed by atoms with van der Waals surface area (Å²) in [7, 11) is 0. The van der Waals surface area contributed by atoms with Gasteiger partial charge in [0.25, 0.3) is 0 Å². The molecule has 6 nitrogen and oxygen atoms in total. The minimum absolute atomic E-state index is 0.0135. The van der Waals surface area contributed by atoms with Crippen LogP contribution in [0.5, 0.6) is 5.75 Å². The molecule has 0 spiro atoms. The van der Waals surface area contributed by atoms with Gasteiger partial charge in [-0.3, -0.25) is 14.8 Å². The van der Waals surface area contributed by atoms with Gasteiger partial charge in [0.1, 0.15) is 18.1 Å². The standard InChI is InChI=1S/C13H15N3O3/c1-11-4-2-5-13(8-11)19-7-3-6-15-10-12(9-14-15)16(17)18/h2,4-5,8-10H,3,6-7H2,1H3. The summed E-state index contributed by atoms with van der Waals surface area (Å²) >= 11 is 0. The van der Waals surface area contributed by atoms with Gasteiger partial charge in [0, 0.05) is 13.0 Å². The lowest BCUT2D eigenvalue weighted by Crippen LogP contribution is -2.04. The highest BCUT2D eigenvalue weighted by atomic mass is 16.6. The van der Waals surface area contributed by atoms with Crippen LogP contribution in [-0.2, 0) is 6.54 Å². The van der Waals surface area contributed by atoms with Crippen LogP contribution in [-0.4, -0.2) is 21.3 Å². The van der Waals surface area contributed by atoms with Gasteiger partial charge < -0.3 is 4.74 Å². The zero-order valence-electron chi connectivity index (χ0n) is 10.7. The molecule has 0 bridgehead atoms. The molecule has 0 fully saturated rings. The van der Waals surface area contributed by atoms with E-state index in [4.69, 9.17) is 4.74 Å². The zero-order valence-corrected chi connectivity index (χ0v) is 10.7. The molecule has 2 aromatic rings. The minimum Gasteiger partial charge on any atom is -0.494 e. The summed E-state index contributed by atoms with van der Waals surface area (Å²) in [6, 6.07) is 7.84. The SMILES string of the molecule is Cc1cccc(OCCCn2cc([N+](=O)[O-])cn2)c1. The molecular formula is C13H15N3O3. The highest BCUT2D eigenvalue weighted by Crippen LogP contribution is 2.13. The van der Waals surface area contributed by atoms with E-state index in [1.165, 1.54) is 12.4 Å². The van der Waals surface area contributed by atoms with E-state index < -0.39 is 4.92 Å². The van der Waals surface area contributed by atoms with Gasteiger partial charge in [0.2, 0.25) is 0 Å². The third kappa shape index (κ3) is 3.80. The Kier molecular flexibility index (Phi) is 4.12. The summed E-state index contributed by atoms with van der Waals surface area (Å²) in [6.07, 6.45) is 3.42. The number of hydrogen-bond acceptors (Lipinski definition) is 4. The molecular weight excluding hydrogens is 246 g/mol. The predicted molar refractivity (Wildman–Crippen MR) is 70.2 cm³/mol. The highest BCUT2D eigenvalue weighted by molar-refractivity contribution is 5.27. The lowest BCUT2D eigenvalue weighted by Gasteiger charge is -2.06. The van der Waals surface area contributed by atoms with Crippen molar-refractivity contribution in [3.8, 4) is 5.75 Å². The average Bonchev–Trinajstić information content (AvgIpc) is 2.84. The molecule has 0 aliphatic heterocycles. The van der Waals surface area contributed by atoms with Crippen molar-refractivity contribution in [3.63, 3.8) is 0 Å². The highest BCUT2D eigenvalue weighted by Gasteiger charge is 2.08. The van der Waals surface area contributed by atoms with Crippen molar-refractivity contribution in [1.29, 1.82) is 0 Å². The molecule has 100 valence electrons. The monoisotopic (exact) mass is 261 g/mol. The molecule has 0 atom stereocenters. The molecule has 19 heavy (non-hydrogen) atoms. The first kappa shape index (κ1) is 13.1. The normalized spacial score (nSPS) is 10.4. The second-order valence-electron chi connectivity index (χ2n) is 4.24. The average molecular weight is 261 g/mol. The van der Waals surface area contributed by atoms with Crippen LogP contribution < -0.4 is 4.74 Å². The van der Waals surface area contributed by atoms with Gasteiger partial charge in [-0.25, -0.2) is 0 Å². The van der Waals surface area contributed by atoms with Crippen molar-refractivity contribution >= 4 is 5.69 Å². The maximum Gasteiger partial charge on any atom is 0.306 e. The van der Waals surface area contributed by atoms with E-state index in [-0.39, 0.29) is 5.69 Å². The minimum atomic E-state index is -0.452. The fourth-order valence-corrected chi connectivity index (χ4v) is 1.69. The fourth-order valence-electron chi connectivity index (χ4n) is 1.69. The topological polar surface area (TPSA) is 70.2 Å². The van der Waals surface area contributed by atoms with Gasteiger partial charge in [-0.05, 0) is 24.6 Å². The molecule has 0 N–H and O–H groups in total. The molecule has 6 heteroatoms. The zero-order chi connectivity index (χ0) is 13.7. The second kappa shape index (κ2) is 5.99. The third-order valence-corrected chi connectivity index (χ3v) is 2.62. The summed E-state index contributed by atoms with van der Waals surface area (Å²) in [5.41, 5.74) is 1.17. The molecule has 1 heterocycles. The molecule has 0 amide bonds. The van der Waals surface area contributed by atoms with Gasteiger partial charge in [0.05, 0.1) is 11.5 Å². The van der Waals surface area contributed by atoms with Gasteiger partial charge in [-0.1, -0.05) is 12.1 Å². The summed E-state index contributed by atoms with van der Waals surface area (Å²) in [5.74, 6) is 0.839. The quantitative estimate of drug-likeness (QED) is 0.455. The Morgan fingerprint density at radius 3 is 3.00 bits per heavy atom. The maximum absolute atomic E-state index is 10.5. The Morgan fingerprint density at radius 1 is 1.47 bits per heavy atom. The number of benzene rings is 1. The fraction of sp³-hybridized carbons (Fsp3) is 0.308. The second-order valence-corrected chi connectivity index (χ2v) is 4.24. The van der Waals surface area contributed by atoms with Crippen molar-refractivity contribution in [3.05, 3.63) is 52.3 Å². The smallest absolute Gasteiger partial charge is 0.306 e. The largest absolute Gasteiger partial charge is 0.494 e. The summed E-state index contributed by atoms with van der Waals surface area (Å²) in [5, 5.41) is 14.4. The number of nitrogens with zero attached hydrogens (tertiary/aromatic N) is 3. The first-order valence-electron chi connectivity index (χ1n) is 6.01. The Labute approximate surface area is 110 Å². The van der Waals surface area contributed by atoms with Crippen LogP contribution >= 0.6 is 0 Å². The molecule has 0 radical (unpaired) electrons. The molecule has 0 saturated heterocycles. The van der Waals surface area contributed by atoms with E-state index in [1.54, 1.807) is 4.68 Å². The van der Waals surface area contributed by atoms with E-state index in [0.717, 1.165) is 17.7 Å². The number of rotatable bonds is 6. The van der Waals surface area contributed by atoms with Crippen molar-refractivity contribution < 1.29 is 9.66 Å². The number of hydrogen-bond donors (Lipinski definition) is 0. The van der Waals surface area contributed by atoms with Crippen LogP contribution in [0.1, 0.15) is 12.0 Å².